The number of ether oxygens (including phenoxy) is 1. The molecule has 1 amide bonds. The molecule has 1 aromatic heterocycles. The number of carbonyl (C=O) groups is 1. The SMILES string of the molecule is C[C@@H](NC(=O)COc1cccc(F)c1)c1nc2ccccc2[nH]1. The van der Waals surface area contributed by atoms with Crippen molar-refractivity contribution in [3.8, 4) is 5.75 Å². The van der Waals surface area contributed by atoms with Gasteiger partial charge in [-0.3, -0.25) is 4.79 Å². The number of benzene rings is 2. The molecule has 1 atom stereocenters. The second-order valence-electron chi connectivity index (χ2n) is 5.17. The number of carbonyl (C=O) groups excluding carboxylic acids is 1. The normalized spacial score (nSPS) is 12.1. The standard InChI is InChI=1S/C17H16FN3O2/c1-11(17-20-14-7-2-3-8-15(14)21-17)19-16(22)10-23-13-6-4-5-12(18)9-13/h2-9,11H,10H2,1H3,(H,19,22)(H,20,21)/t11-/m1/s1. The Morgan fingerprint density at radius 2 is 2.13 bits per heavy atom. The summed E-state index contributed by atoms with van der Waals surface area (Å²) in [5, 5.41) is 2.79. The molecule has 0 aliphatic carbocycles. The monoisotopic (exact) mass is 313 g/mol. The minimum Gasteiger partial charge on any atom is -0.484 e. The molecule has 0 radical (unpaired) electrons. The van der Waals surface area contributed by atoms with Crippen molar-refractivity contribution in [2.45, 2.75) is 13.0 Å². The Balaban J connectivity index is 1.58. The minimum absolute atomic E-state index is 0.186. The van der Waals surface area contributed by atoms with Crippen molar-refractivity contribution >= 4 is 16.9 Å². The Labute approximate surface area is 132 Å². The van der Waals surface area contributed by atoms with Gasteiger partial charge in [0, 0.05) is 6.07 Å². The van der Waals surface area contributed by atoms with E-state index in [4.69, 9.17) is 4.74 Å². The molecule has 0 spiro atoms. The summed E-state index contributed by atoms with van der Waals surface area (Å²) in [6.45, 7) is 1.64. The molecule has 2 aromatic carbocycles. The summed E-state index contributed by atoms with van der Waals surface area (Å²) in [6.07, 6.45) is 0. The van der Waals surface area contributed by atoms with Gasteiger partial charge >= 0.3 is 0 Å². The first kappa shape index (κ1) is 15.0. The number of fused-ring (bicyclic) bond motifs is 1. The first-order chi connectivity index (χ1) is 11.1. The second-order valence-corrected chi connectivity index (χ2v) is 5.17. The average Bonchev–Trinajstić information content (AvgIpc) is 2.97. The summed E-state index contributed by atoms with van der Waals surface area (Å²) < 4.78 is 18.3. The van der Waals surface area contributed by atoms with E-state index < -0.39 is 5.82 Å². The van der Waals surface area contributed by atoms with E-state index in [1.54, 1.807) is 6.07 Å². The fourth-order valence-corrected chi connectivity index (χ4v) is 2.23. The Hall–Kier alpha value is -2.89. The topological polar surface area (TPSA) is 67.0 Å². The lowest BCUT2D eigenvalue weighted by Crippen LogP contribution is -2.31. The molecule has 0 unspecified atom stereocenters. The van der Waals surface area contributed by atoms with E-state index in [2.05, 4.69) is 15.3 Å². The van der Waals surface area contributed by atoms with Crippen LogP contribution >= 0.6 is 0 Å². The van der Waals surface area contributed by atoms with Crippen LogP contribution in [0.1, 0.15) is 18.8 Å². The van der Waals surface area contributed by atoms with Crippen LogP contribution < -0.4 is 10.1 Å². The zero-order valence-corrected chi connectivity index (χ0v) is 12.5. The van der Waals surface area contributed by atoms with Crippen LogP contribution in [0, 0.1) is 5.82 Å². The van der Waals surface area contributed by atoms with Crippen molar-refractivity contribution < 1.29 is 13.9 Å². The van der Waals surface area contributed by atoms with Crippen LogP contribution in [0.4, 0.5) is 4.39 Å². The number of nitrogens with zero attached hydrogens (tertiary/aromatic N) is 1. The fourth-order valence-electron chi connectivity index (χ4n) is 2.23. The van der Waals surface area contributed by atoms with Crippen LogP contribution in [0.25, 0.3) is 11.0 Å². The van der Waals surface area contributed by atoms with Crippen molar-refractivity contribution in [1.29, 1.82) is 0 Å². The first-order valence-electron chi connectivity index (χ1n) is 7.24. The van der Waals surface area contributed by atoms with Gasteiger partial charge in [0.15, 0.2) is 6.61 Å². The van der Waals surface area contributed by atoms with Gasteiger partial charge in [0.1, 0.15) is 17.4 Å². The molecule has 6 heteroatoms. The molecular weight excluding hydrogens is 297 g/mol. The van der Waals surface area contributed by atoms with Crippen LogP contribution in [-0.4, -0.2) is 22.5 Å². The van der Waals surface area contributed by atoms with Crippen LogP contribution in [0.3, 0.4) is 0 Å². The third-order valence-electron chi connectivity index (χ3n) is 3.36. The highest BCUT2D eigenvalue weighted by molar-refractivity contribution is 5.78. The van der Waals surface area contributed by atoms with Gasteiger partial charge in [-0.05, 0) is 31.2 Å². The Morgan fingerprint density at radius 1 is 1.30 bits per heavy atom. The van der Waals surface area contributed by atoms with Gasteiger partial charge in [-0.1, -0.05) is 18.2 Å². The summed E-state index contributed by atoms with van der Waals surface area (Å²) in [6, 6.07) is 13.0. The molecule has 23 heavy (non-hydrogen) atoms. The summed E-state index contributed by atoms with van der Waals surface area (Å²) in [4.78, 5) is 19.5. The van der Waals surface area contributed by atoms with E-state index in [9.17, 15) is 9.18 Å². The third kappa shape index (κ3) is 3.66. The van der Waals surface area contributed by atoms with E-state index in [1.807, 2.05) is 31.2 Å². The van der Waals surface area contributed by atoms with Gasteiger partial charge in [0.2, 0.25) is 0 Å². The zero-order chi connectivity index (χ0) is 16.2. The maximum atomic E-state index is 13.0. The number of aromatic amines is 1. The Bertz CT molecular complexity index is 798. The van der Waals surface area contributed by atoms with E-state index in [-0.39, 0.29) is 18.6 Å². The largest absolute Gasteiger partial charge is 0.484 e. The lowest BCUT2D eigenvalue weighted by Gasteiger charge is -2.12. The van der Waals surface area contributed by atoms with Gasteiger partial charge in [0.25, 0.3) is 5.91 Å². The minimum atomic E-state index is -0.404. The summed E-state index contributed by atoms with van der Waals surface area (Å²) in [5.41, 5.74) is 1.76. The van der Waals surface area contributed by atoms with Gasteiger partial charge in [-0.25, -0.2) is 9.37 Å². The summed E-state index contributed by atoms with van der Waals surface area (Å²) in [7, 11) is 0. The van der Waals surface area contributed by atoms with E-state index in [0.717, 1.165) is 11.0 Å². The second kappa shape index (κ2) is 6.48. The molecule has 3 aromatic rings. The highest BCUT2D eigenvalue weighted by atomic mass is 19.1. The molecule has 0 saturated heterocycles. The summed E-state index contributed by atoms with van der Waals surface area (Å²) in [5.74, 6) is 0.280. The van der Waals surface area contributed by atoms with Crippen molar-refractivity contribution in [3.63, 3.8) is 0 Å². The number of nitrogens with one attached hydrogen (secondary N) is 2. The molecule has 0 fully saturated rings. The number of aromatic nitrogens is 2. The molecule has 0 aliphatic rings. The molecule has 3 rings (SSSR count). The number of halogens is 1. The van der Waals surface area contributed by atoms with Crippen molar-refractivity contribution in [1.82, 2.24) is 15.3 Å². The highest BCUT2D eigenvalue weighted by Crippen LogP contribution is 2.15. The molecule has 0 bridgehead atoms. The van der Waals surface area contributed by atoms with E-state index in [1.165, 1.54) is 18.2 Å². The molecule has 0 aliphatic heterocycles. The van der Waals surface area contributed by atoms with Crippen LogP contribution in [0.2, 0.25) is 0 Å². The highest BCUT2D eigenvalue weighted by Gasteiger charge is 2.14. The fraction of sp³-hybridized carbons (Fsp3) is 0.176. The van der Waals surface area contributed by atoms with Crippen LogP contribution in [0.15, 0.2) is 48.5 Å². The Kier molecular flexibility index (Phi) is 4.23. The number of hydrogen-bond acceptors (Lipinski definition) is 3. The van der Waals surface area contributed by atoms with Crippen molar-refractivity contribution in [2.75, 3.05) is 6.61 Å². The van der Waals surface area contributed by atoms with Gasteiger partial charge < -0.3 is 15.0 Å². The number of amides is 1. The molecular formula is C17H16FN3O2. The predicted octanol–water partition coefficient (Wildman–Crippen LogP) is 2.96. The summed E-state index contributed by atoms with van der Waals surface area (Å²) >= 11 is 0. The van der Waals surface area contributed by atoms with Crippen molar-refractivity contribution in [3.05, 3.63) is 60.2 Å². The molecule has 5 nitrogen and oxygen atoms in total. The third-order valence-corrected chi connectivity index (χ3v) is 3.36. The van der Waals surface area contributed by atoms with Gasteiger partial charge in [0.05, 0.1) is 17.1 Å². The van der Waals surface area contributed by atoms with Crippen molar-refractivity contribution in [2.24, 2.45) is 0 Å². The van der Waals surface area contributed by atoms with Gasteiger partial charge in [-0.15, -0.1) is 0 Å². The number of imidazole rings is 1. The number of H-pyrrole nitrogens is 1. The molecule has 0 saturated carbocycles. The van der Waals surface area contributed by atoms with Crippen LogP contribution in [-0.2, 0) is 4.79 Å². The predicted molar refractivity (Wildman–Crippen MR) is 84.5 cm³/mol. The Morgan fingerprint density at radius 3 is 2.91 bits per heavy atom. The maximum absolute atomic E-state index is 13.0. The first-order valence-corrected chi connectivity index (χ1v) is 7.24. The smallest absolute Gasteiger partial charge is 0.258 e. The lowest BCUT2D eigenvalue weighted by atomic mass is 10.3. The lowest BCUT2D eigenvalue weighted by molar-refractivity contribution is -0.123. The maximum Gasteiger partial charge on any atom is 0.258 e. The molecule has 118 valence electrons. The van der Waals surface area contributed by atoms with Gasteiger partial charge in [-0.2, -0.15) is 0 Å². The molecule has 1 heterocycles. The van der Waals surface area contributed by atoms with Crippen LogP contribution in [0.5, 0.6) is 5.75 Å². The number of para-hydroxylation sites is 2. The average molecular weight is 313 g/mol. The molecule has 2 N–H and O–H groups in total. The van der Waals surface area contributed by atoms with E-state index in [0.29, 0.717) is 11.6 Å². The zero-order valence-electron chi connectivity index (χ0n) is 12.5. The number of rotatable bonds is 5. The number of hydrogen-bond donors (Lipinski definition) is 2. The van der Waals surface area contributed by atoms with E-state index >= 15 is 0 Å². The quantitative estimate of drug-likeness (QED) is 0.761.